The minimum Gasteiger partial charge on any atom is -0.399 e. The summed E-state index contributed by atoms with van der Waals surface area (Å²) < 4.78 is 0. The molecule has 3 rings (SSSR count). The minimum absolute atomic E-state index is 0.776. The Morgan fingerprint density at radius 1 is 1.00 bits per heavy atom. The van der Waals surface area contributed by atoms with Gasteiger partial charge in [-0.3, -0.25) is 0 Å². The van der Waals surface area contributed by atoms with E-state index in [0.29, 0.717) is 0 Å². The van der Waals surface area contributed by atoms with Crippen molar-refractivity contribution in [3.8, 4) is 21.8 Å². The van der Waals surface area contributed by atoms with E-state index in [2.05, 4.69) is 24.4 Å². The molecule has 0 bridgehead atoms. The zero-order chi connectivity index (χ0) is 13.2. The van der Waals surface area contributed by atoms with Crippen LogP contribution in [0.5, 0.6) is 0 Å². The first-order valence-electron chi connectivity index (χ1n) is 6.11. The summed E-state index contributed by atoms with van der Waals surface area (Å²) in [5, 5.41) is 3.15. The highest BCUT2D eigenvalue weighted by molar-refractivity contribution is 7.13. The van der Waals surface area contributed by atoms with Gasteiger partial charge in [-0.1, -0.05) is 36.4 Å². The summed E-state index contributed by atoms with van der Waals surface area (Å²) in [4.78, 5) is 4.72. The Labute approximate surface area is 116 Å². The fourth-order valence-corrected chi connectivity index (χ4v) is 2.92. The van der Waals surface area contributed by atoms with Crippen LogP contribution in [-0.2, 0) is 0 Å². The maximum atomic E-state index is 5.70. The Kier molecular flexibility index (Phi) is 3.05. The lowest BCUT2D eigenvalue weighted by Crippen LogP contribution is -1.85. The van der Waals surface area contributed by atoms with Crippen molar-refractivity contribution in [3.05, 3.63) is 59.5 Å². The summed E-state index contributed by atoms with van der Waals surface area (Å²) in [7, 11) is 0. The third kappa shape index (κ3) is 2.37. The van der Waals surface area contributed by atoms with Gasteiger partial charge in [0.15, 0.2) is 0 Å². The molecule has 19 heavy (non-hydrogen) atoms. The van der Waals surface area contributed by atoms with Gasteiger partial charge in [0.25, 0.3) is 0 Å². The van der Waals surface area contributed by atoms with Crippen LogP contribution in [0.1, 0.15) is 5.56 Å². The summed E-state index contributed by atoms with van der Waals surface area (Å²) >= 11 is 1.67. The SMILES string of the molecule is Cc1ccccc1-c1nc(-c2ccc(N)cc2)cs1. The largest absolute Gasteiger partial charge is 0.399 e. The van der Waals surface area contributed by atoms with Gasteiger partial charge >= 0.3 is 0 Å². The van der Waals surface area contributed by atoms with Crippen molar-refractivity contribution >= 4 is 17.0 Å². The molecule has 1 heterocycles. The van der Waals surface area contributed by atoms with Crippen LogP contribution in [0, 0.1) is 6.92 Å². The zero-order valence-electron chi connectivity index (χ0n) is 10.6. The van der Waals surface area contributed by atoms with E-state index in [0.717, 1.165) is 22.0 Å². The van der Waals surface area contributed by atoms with Gasteiger partial charge in [0.1, 0.15) is 5.01 Å². The molecule has 1 aromatic heterocycles. The van der Waals surface area contributed by atoms with Gasteiger partial charge in [-0.05, 0) is 24.6 Å². The molecule has 3 aromatic rings. The van der Waals surface area contributed by atoms with Crippen molar-refractivity contribution in [2.75, 3.05) is 5.73 Å². The molecule has 0 unspecified atom stereocenters. The van der Waals surface area contributed by atoms with Crippen molar-refractivity contribution in [2.24, 2.45) is 0 Å². The molecule has 3 heteroatoms. The smallest absolute Gasteiger partial charge is 0.124 e. The van der Waals surface area contributed by atoms with Crippen molar-refractivity contribution in [2.45, 2.75) is 6.92 Å². The van der Waals surface area contributed by atoms with E-state index in [1.165, 1.54) is 11.1 Å². The van der Waals surface area contributed by atoms with E-state index in [1.54, 1.807) is 11.3 Å². The van der Waals surface area contributed by atoms with Crippen LogP contribution in [-0.4, -0.2) is 4.98 Å². The highest BCUT2D eigenvalue weighted by Crippen LogP contribution is 2.30. The number of benzene rings is 2. The van der Waals surface area contributed by atoms with Gasteiger partial charge in [0, 0.05) is 22.2 Å². The molecule has 0 aliphatic carbocycles. The summed E-state index contributed by atoms with van der Waals surface area (Å²) in [6.45, 7) is 2.11. The number of nitrogens with zero attached hydrogens (tertiary/aromatic N) is 1. The molecular weight excluding hydrogens is 252 g/mol. The number of hydrogen-bond acceptors (Lipinski definition) is 3. The molecule has 0 atom stereocenters. The van der Waals surface area contributed by atoms with E-state index in [1.807, 2.05) is 36.4 Å². The first-order chi connectivity index (χ1) is 9.24. The summed E-state index contributed by atoms with van der Waals surface area (Å²) in [5.74, 6) is 0. The highest BCUT2D eigenvalue weighted by Gasteiger charge is 2.08. The molecule has 0 saturated carbocycles. The van der Waals surface area contributed by atoms with Gasteiger partial charge < -0.3 is 5.73 Å². The fraction of sp³-hybridized carbons (Fsp3) is 0.0625. The molecule has 2 nitrogen and oxygen atoms in total. The van der Waals surface area contributed by atoms with Crippen LogP contribution in [0.3, 0.4) is 0 Å². The number of aromatic nitrogens is 1. The molecule has 2 aromatic carbocycles. The number of rotatable bonds is 2. The van der Waals surface area contributed by atoms with Gasteiger partial charge in [0.2, 0.25) is 0 Å². The number of thiazole rings is 1. The second-order valence-electron chi connectivity index (χ2n) is 4.47. The minimum atomic E-state index is 0.776. The summed E-state index contributed by atoms with van der Waals surface area (Å²) in [6.07, 6.45) is 0. The lowest BCUT2D eigenvalue weighted by atomic mass is 10.1. The predicted molar refractivity (Wildman–Crippen MR) is 82.1 cm³/mol. The number of anilines is 1. The Balaban J connectivity index is 2.00. The normalized spacial score (nSPS) is 10.6. The fourth-order valence-electron chi connectivity index (χ4n) is 2.00. The Bertz CT molecular complexity index is 699. The van der Waals surface area contributed by atoms with E-state index in [9.17, 15) is 0 Å². The van der Waals surface area contributed by atoms with Crippen molar-refractivity contribution in [1.29, 1.82) is 0 Å². The maximum absolute atomic E-state index is 5.70. The third-order valence-corrected chi connectivity index (χ3v) is 3.96. The lowest BCUT2D eigenvalue weighted by molar-refractivity contribution is 1.37. The van der Waals surface area contributed by atoms with Gasteiger partial charge in [0.05, 0.1) is 5.69 Å². The number of nitrogens with two attached hydrogens (primary N) is 1. The van der Waals surface area contributed by atoms with E-state index < -0.39 is 0 Å². The average molecular weight is 266 g/mol. The van der Waals surface area contributed by atoms with Crippen LogP contribution in [0.2, 0.25) is 0 Å². The van der Waals surface area contributed by atoms with Gasteiger partial charge in [-0.2, -0.15) is 0 Å². The van der Waals surface area contributed by atoms with Crippen LogP contribution in [0.4, 0.5) is 5.69 Å². The first kappa shape index (κ1) is 11.9. The quantitative estimate of drug-likeness (QED) is 0.700. The van der Waals surface area contributed by atoms with Gasteiger partial charge in [-0.15, -0.1) is 11.3 Å². The molecule has 0 fully saturated rings. The molecular formula is C16H14N2S. The van der Waals surface area contributed by atoms with E-state index in [-0.39, 0.29) is 0 Å². The molecule has 0 radical (unpaired) electrons. The highest BCUT2D eigenvalue weighted by atomic mass is 32.1. The molecule has 0 aliphatic rings. The molecule has 0 spiro atoms. The number of hydrogen-bond donors (Lipinski definition) is 1. The molecule has 2 N–H and O–H groups in total. The Hall–Kier alpha value is -2.13. The van der Waals surface area contributed by atoms with Crippen LogP contribution < -0.4 is 5.73 Å². The predicted octanol–water partition coefficient (Wildman–Crippen LogP) is 4.37. The van der Waals surface area contributed by atoms with Crippen LogP contribution >= 0.6 is 11.3 Å². The van der Waals surface area contributed by atoms with E-state index >= 15 is 0 Å². The van der Waals surface area contributed by atoms with Gasteiger partial charge in [-0.25, -0.2) is 4.98 Å². The molecule has 0 aliphatic heterocycles. The van der Waals surface area contributed by atoms with Crippen molar-refractivity contribution in [1.82, 2.24) is 4.98 Å². The van der Waals surface area contributed by atoms with Crippen LogP contribution in [0.25, 0.3) is 21.8 Å². The monoisotopic (exact) mass is 266 g/mol. The molecule has 94 valence electrons. The topological polar surface area (TPSA) is 38.9 Å². The second kappa shape index (κ2) is 4.86. The first-order valence-corrected chi connectivity index (χ1v) is 6.99. The second-order valence-corrected chi connectivity index (χ2v) is 5.33. The number of nitrogen functional groups attached to an aromatic ring is 1. The standard InChI is InChI=1S/C16H14N2S/c1-11-4-2-3-5-14(11)16-18-15(10-19-16)12-6-8-13(17)9-7-12/h2-10H,17H2,1H3. The van der Waals surface area contributed by atoms with Crippen molar-refractivity contribution in [3.63, 3.8) is 0 Å². The third-order valence-electron chi connectivity index (χ3n) is 3.09. The zero-order valence-corrected chi connectivity index (χ0v) is 11.4. The van der Waals surface area contributed by atoms with E-state index in [4.69, 9.17) is 10.7 Å². The molecule has 0 saturated heterocycles. The van der Waals surface area contributed by atoms with Crippen LogP contribution in [0.15, 0.2) is 53.9 Å². The summed E-state index contributed by atoms with van der Waals surface area (Å²) in [6, 6.07) is 16.1. The molecule has 0 amide bonds. The maximum Gasteiger partial charge on any atom is 0.124 e. The summed E-state index contributed by atoms with van der Waals surface area (Å²) in [5.41, 5.74) is 11.0. The number of aryl methyl sites for hydroxylation is 1. The average Bonchev–Trinajstić information content (AvgIpc) is 2.89. The lowest BCUT2D eigenvalue weighted by Gasteiger charge is -2.01. The Morgan fingerprint density at radius 3 is 2.47 bits per heavy atom. The van der Waals surface area contributed by atoms with Crippen molar-refractivity contribution < 1.29 is 0 Å². The Morgan fingerprint density at radius 2 is 1.74 bits per heavy atom.